The van der Waals surface area contributed by atoms with Gasteiger partial charge < -0.3 is 9.47 Å². The van der Waals surface area contributed by atoms with Gasteiger partial charge in [0, 0.05) is 33.2 Å². The van der Waals surface area contributed by atoms with Crippen LogP contribution in [0.25, 0.3) is 71.3 Å². The molecule has 0 aliphatic carbocycles. The largest absolute Gasteiger partial charge is 0.310 e. The van der Waals surface area contributed by atoms with E-state index >= 15 is 0 Å². The molecule has 0 radical (unpaired) electrons. The molecule has 0 spiro atoms. The summed E-state index contributed by atoms with van der Waals surface area (Å²) in [6.45, 7) is 0. The molecule has 1 heterocycles. The Bertz CT molecular complexity index is 2720. The van der Waals surface area contributed by atoms with Crippen molar-refractivity contribution in [2.45, 2.75) is 0 Å². The molecule has 0 bridgehead atoms. The maximum absolute atomic E-state index is 2.42. The Labute approximate surface area is 291 Å². The Morgan fingerprint density at radius 2 is 0.840 bits per heavy atom. The molecular weight excluding hydrogens is 605 g/mol. The number of aromatic nitrogens is 1. The van der Waals surface area contributed by atoms with Crippen molar-refractivity contribution in [3.8, 4) is 27.9 Å². The quantitative estimate of drug-likeness (QED) is 0.165. The fraction of sp³-hybridized carbons (Fsp3) is 0. The molecule has 0 N–H and O–H groups in total. The molecule has 9 aromatic carbocycles. The first kappa shape index (κ1) is 28.4. The molecule has 1 aromatic heterocycles. The highest BCUT2D eigenvalue weighted by Gasteiger charge is 2.18. The van der Waals surface area contributed by atoms with Crippen LogP contribution in [0.4, 0.5) is 17.1 Å². The van der Waals surface area contributed by atoms with Crippen LogP contribution in [0.5, 0.6) is 0 Å². The van der Waals surface area contributed by atoms with Crippen LogP contribution < -0.4 is 4.90 Å². The topological polar surface area (TPSA) is 8.17 Å². The highest BCUT2D eigenvalue weighted by atomic mass is 15.1. The average Bonchev–Trinajstić information content (AvgIpc) is 3.54. The van der Waals surface area contributed by atoms with Crippen molar-refractivity contribution >= 4 is 60.4 Å². The van der Waals surface area contributed by atoms with Crippen molar-refractivity contribution in [2.24, 2.45) is 0 Å². The summed E-state index contributed by atoms with van der Waals surface area (Å²) in [4.78, 5) is 2.38. The number of rotatable bonds is 6. The molecule has 0 aliphatic rings. The number of fused-ring (bicyclic) bond motifs is 1. The van der Waals surface area contributed by atoms with Crippen LogP contribution >= 0.6 is 0 Å². The van der Waals surface area contributed by atoms with E-state index in [9.17, 15) is 0 Å². The SMILES string of the molecule is c1ccc(-c2ccc(N(c3ccc(-c4cccc(-n5c6cccc7ccc8cccc5c8c76)c4)cc3)c3cccc4ccccc34)cc2)cc1. The normalized spacial score (nSPS) is 11.6. The summed E-state index contributed by atoms with van der Waals surface area (Å²) in [5, 5.41) is 7.67. The van der Waals surface area contributed by atoms with Gasteiger partial charge in [-0.25, -0.2) is 0 Å². The molecule has 10 aromatic rings. The van der Waals surface area contributed by atoms with Crippen LogP contribution in [0.1, 0.15) is 0 Å². The Morgan fingerprint density at radius 3 is 1.52 bits per heavy atom. The van der Waals surface area contributed by atoms with Gasteiger partial charge in [-0.15, -0.1) is 0 Å². The second-order valence-corrected chi connectivity index (χ2v) is 13.0. The predicted octanol–water partition coefficient (Wildman–Crippen LogP) is 13.3. The highest BCUT2D eigenvalue weighted by Crippen LogP contribution is 2.42. The van der Waals surface area contributed by atoms with Gasteiger partial charge in [0.2, 0.25) is 0 Å². The summed E-state index contributed by atoms with van der Waals surface area (Å²) < 4.78 is 2.42. The standard InChI is InChI=1S/C48H32N2/c1-2-10-33(11-3-1)34-24-28-40(29-25-34)49(44-19-7-13-36-12-4-5-18-43(36)44)41-30-26-35(27-31-41)39-16-6-17-42(32-39)50-45-20-8-14-37-22-23-38-15-9-21-46(50)48(38)47(37)45/h1-32H. The van der Waals surface area contributed by atoms with Crippen molar-refractivity contribution < 1.29 is 0 Å². The smallest absolute Gasteiger partial charge is 0.0547 e. The number of hydrogen-bond donors (Lipinski definition) is 0. The third kappa shape index (κ3) is 4.57. The molecule has 0 saturated carbocycles. The molecule has 0 atom stereocenters. The van der Waals surface area contributed by atoms with Crippen LogP contribution in [0, 0.1) is 0 Å². The molecule has 10 rings (SSSR count). The van der Waals surface area contributed by atoms with Gasteiger partial charge in [-0.2, -0.15) is 0 Å². The van der Waals surface area contributed by atoms with E-state index in [1.807, 2.05) is 0 Å². The van der Waals surface area contributed by atoms with Gasteiger partial charge in [-0.3, -0.25) is 0 Å². The molecular formula is C48H32N2. The second kappa shape index (κ2) is 11.5. The zero-order chi connectivity index (χ0) is 33.0. The Balaban J connectivity index is 1.07. The molecule has 0 amide bonds. The average molecular weight is 637 g/mol. The van der Waals surface area contributed by atoms with Gasteiger partial charge in [0.05, 0.1) is 16.7 Å². The molecule has 50 heavy (non-hydrogen) atoms. The van der Waals surface area contributed by atoms with Crippen LogP contribution in [0.15, 0.2) is 194 Å². The van der Waals surface area contributed by atoms with Crippen LogP contribution in [-0.2, 0) is 0 Å². The predicted molar refractivity (Wildman–Crippen MR) is 213 cm³/mol. The Kier molecular flexibility index (Phi) is 6.53. The van der Waals surface area contributed by atoms with Gasteiger partial charge in [0.15, 0.2) is 0 Å². The molecule has 0 unspecified atom stereocenters. The fourth-order valence-corrected chi connectivity index (χ4v) is 7.79. The van der Waals surface area contributed by atoms with Crippen molar-refractivity contribution in [2.75, 3.05) is 4.90 Å². The maximum atomic E-state index is 2.42. The third-order valence-electron chi connectivity index (χ3n) is 10.1. The van der Waals surface area contributed by atoms with E-state index in [2.05, 4.69) is 204 Å². The lowest BCUT2D eigenvalue weighted by molar-refractivity contribution is 1.18. The minimum atomic E-state index is 1.11. The van der Waals surface area contributed by atoms with Crippen LogP contribution in [0.3, 0.4) is 0 Å². The molecule has 2 heteroatoms. The molecule has 2 nitrogen and oxygen atoms in total. The number of hydrogen-bond acceptors (Lipinski definition) is 1. The lowest BCUT2D eigenvalue weighted by Gasteiger charge is -2.27. The maximum Gasteiger partial charge on any atom is 0.0547 e. The van der Waals surface area contributed by atoms with Gasteiger partial charge in [-0.05, 0) is 93.0 Å². The monoisotopic (exact) mass is 636 g/mol. The van der Waals surface area contributed by atoms with E-state index < -0.39 is 0 Å². The minimum Gasteiger partial charge on any atom is -0.310 e. The molecule has 234 valence electrons. The van der Waals surface area contributed by atoms with E-state index in [0.717, 1.165) is 17.1 Å². The van der Waals surface area contributed by atoms with Gasteiger partial charge >= 0.3 is 0 Å². The Hall–Kier alpha value is -6.64. The van der Waals surface area contributed by atoms with E-state index in [-0.39, 0.29) is 0 Å². The van der Waals surface area contributed by atoms with Gasteiger partial charge in [0.1, 0.15) is 0 Å². The molecule has 0 fully saturated rings. The van der Waals surface area contributed by atoms with Crippen molar-refractivity contribution in [3.63, 3.8) is 0 Å². The van der Waals surface area contributed by atoms with Crippen molar-refractivity contribution in [1.82, 2.24) is 4.57 Å². The first-order valence-electron chi connectivity index (χ1n) is 17.2. The van der Waals surface area contributed by atoms with E-state index in [4.69, 9.17) is 0 Å². The number of nitrogens with zero attached hydrogens (tertiary/aromatic N) is 2. The molecule has 0 saturated heterocycles. The van der Waals surface area contributed by atoms with Crippen molar-refractivity contribution in [3.05, 3.63) is 194 Å². The Morgan fingerprint density at radius 1 is 0.340 bits per heavy atom. The third-order valence-corrected chi connectivity index (χ3v) is 10.1. The number of benzene rings is 9. The summed E-state index contributed by atoms with van der Waals surface area (Å²) in [6.07, 6.45) is 0. The van der Waals surface area contributed by atoms with E-state index in [1.165, 1.54) is 71.3 Å². The summed E-state index contributed by atoms with van der Waals surface area (Å²) in [7, 11) is 0. The summed E-state index contributed by atoms with van der Waals surface area (Å²) >= 11 is 0. The summed E-state index contributed by atoms with van der Waals surface area (Å²) in [5.74, 6) is 0. The van der Waals surface area contributed by atoms with Gasteiger partial charge in [-0.1, -0.05) is 140 Å². The summed E-state index contributed by atoms with van der Waals surface area (Å²) in [6, 6.07) is 70.4. The van der Waals surface area contributed by atoms with Crippen LogP contribution in [0.2, 0.25) is 0 Å². The highest BCUT2D eigenvalue weighted by molar-refractivity contribution is 6.24. The number of anilines is 3. The second-order valence-electron chi connectivity index (χ2n) is 13.0. The first-order chi connectivity index (χ1) is 24.8. The lowest BCUT2D eigenvalue weighted by atomic mass is 10.0. The van der Waals surface area contributed by atoms with Crippen molar-refractivity contribution in [1.29, 1.82) is 0 Å². The van der Waals surface area contributed by atoms with Crippen LogP contribution in [-0.4, -0.2) is 4.57 Å². The zero-order valence-electron chi connectivity index (χ0n) is 27.4. The molecule has 0 aliphatic heterocycles. The minimum absolute atomic E-state index is 1.11. The summed E-state index contributed by atoms with van der Waals surface area (Å²) in [5.41, 5.74) is 11.8. The first-order valence-corrected chi connectivity index (χ1v) is 17.2. The van der Waals surface area contributed by atoms with E-state index in [0.29, 0.717) is 0 Å². The zero-order valence-corrected chi connectivity index (χ0v) is 27.4. The fourth-order valence-electron chi connectivity index (χ4n) is 7.79. The lowest BCUT2D eigenvalue weighted by Crippen LogP contribution is -2.10. The van der Waals surface area contributed by atoms with E-state index in [1.54, 1.807) is 0 Å². The van der Waals surface area contributed by atoms with Gasteiger partial charge in [0.25, 0.3) is 0 Å².